The van der Waals surface area contributed by atoms with Crippen LogP contribution in [0.4, 0.5) is 5.69 Å². The zero-order chi connectivity index (χ0) is 34.3. The number of aryl methyl sites for hydroxylation is 3. The summed E-state index contributed by atoms with van der Waals surface area (Å²) in [7, 11) is -4.20. The van der Waals surface area contributed by atoms with Gasteiger partial charge in [-0.2, -0.15) is 0 Å². The van der Waals surface area contributed by atoms with E-state index in [4.69, 9.17) is 23.2 Å². The van der Waals surface area contributed by atoms with Gasteiger partial charge in [-0.15, -0.1) is 0 Å². The van der Waals surface area contributed by atoms with Crippen molar-refractivity contribution < 1.29 is 18.0 Å². The predicted molar refractivity (Wildman–Crippen MR) is 190 cm³/mol. The minimum absolute atomic E-state index is 0.00753. The maximum Gasteiger partial charge on any atom is 0.264 e. The van der Waals surface area contributed by atoms with Crippen molar-refractivity contribution in [1.29, 1.82) is 0 Å². The molecule has 0 aromatic heterocycles. The van der Waals surface area contributed by atoms with Crippen LogP contribution in [0.3, 0.4) is 0 Å². The number of hydrogen-bond donors (Lipinski definition) is 1. The number of halogens is 2. The van der Waals surface area contributed by atoms with Crippen LogP contribution < -0.4 is 9.62 Å². The van der Waals surface area contributed by atoms with Gasteiger partial charge in [-0.3, -0.25) is 13.9 Å². The van der Waals surface area contributed by atoms with Gasteiger partial charge in [-0.05, 0) is 92.8 Å². The van der Waals surface area contributed by atoms with Crippen LogP contribution in [-0.2, 0) is 32.6 Å². The van der Waals surface area contributed by atoms with E-state index in [9.17, 15) is 18.0 Å². The molecule has 0 bridgehead atoms. The first-order valence-corrected chi connectivity index (χ1v) is 17.7. The van der Waals surface area contributed by atoms with Crippen LogP contribution >= 0.6 is 23.2 Å². The third kappa shape index (κ3) is 9.37. The molecule has 0 saturated carbocycles. The Kier molecular flexibility index (Phi) is 12.1. The molecular formula is C37H41Cl2N3O4S. The van der Waals surface area contributed by atoms with E-state index in [2.05, 4.69) is 5.32 Å². The second kappa shape index (κ2) is 15.8. The average molecular weight is 695 g/mol. The van der Waals surface area contributed by atoms with E-state index >= 15 is 0 Å². The number of anilines is 1. The first-order valence-electron chi connectivity index (χ1n) is 15.5. The van der Waals surface area contributed by atoms with Crippen molar-refractivity contribution in [2.45, 2.75) is 71.0 Å². The molecule has 0 aliphatic carbocycles. The molecule has 0 unspecified atom stereocenters. The highest BCUT2D eigenvalue weighted by molar-refractivity contribution is 7.92. The molecule has 47 heavy (non-hydrogen) atoms. The molecule has 10 heteroatoms. The molecule has 0 heterocycles. The Balaban J connectivity index is 1.85. The van der Waals surface area contributed by atoms with Gasteiger partial charge in [0.05, 0.1) is 20.6 Å². The molecule has 0 saturated heterocycles. The van der Waals surface area contributed by atoms with Crippen LogP contribution in [0, 0.1) is 20.8 Å². The standard InChI is InChI=1S/C37H41Cl2N3O4S/c1-6-28(5)40-37(44)35(22-29-10-8-7-9-11-29)41(23-30-14-17-33(38)34(39)21-30)36(43)24-42(31-19-26(3)18-27(4)20-31)47(45,46)32-15-12-25(2)13-16-32/h7-21,28,35H,6,22-24H2,1-5H3,(H,40,44)/t28-,35+/m0/s1. The summed E-state index contributed by atoms with van der Waals surface area (Å²) in [6, 6.07) is 25.3. The number of hydrogen-bond acceptors (Lipinski definition) is 4. The molecule has 2 amide bonds. The van der Waals surface area contributed by atoms with E-state index in [1.807, 2.05) is 71.0 Å². The average Bonchev–Trinajstić information content (AvgIpc) is 3.03. The summed E-state index contributed by atoms with van der Waals surface area (Å²) in [5, 5.41) is 3.70. The van der Waals surface area contributed by atoms with Gasteiger partial charge in [0.25, 0.3) is 10.0 Å². The van der Waals surface area contributed by atoms with Crippen LogP contribution in [0.5, 0.6) is 0 Å². The fraction of sp³-hybridized carbons (Fsp3) is 0.297. The zero-order valence-corrected chi connectivity index (χ0v) is 29.7. The molecule has 0 spiro atoms. The summed E-state index contributed by atoms with van der Waals surface area (Å²) in [4.78, 5) is 30.1. The second-order valence-corrected chi connectivity index (χ2v) is 14.6. The molecule has 0 fully saturated rings. The summed E-state index contributed by atoms with van der Waals surface area (Å²) in [6.45, 7) is 8.95. The molecule has 248 valence electrons. The number of nitrogens with one attached hydrogen (secondary N) is 1. The van der Waals surface area contributed by atoms with Gasteiger partial charge in [-0.25, -0.2) is 8.42 Å². The van der Waals surface area contributed by atoms with E-state index in [1.165, 1.54) is 17.0 Å². The fourth-order valence-electron chi connectivity index (χ4n) is 5.29. The largest absolute Gasteiger partial charge is 0.352 e. The number of amides is 2. The number of nitrogens with zero attached hydrogens (tertiary/aromatic N) is 2. The van der Waals surface area contributed by atoms with Gasteiger partial charge < -0.3 is 10.2 Å². The Hall–Kier alpha value is -3.85. The Morgan fingerprint density at radius 2 is 1.43 bits per heavy atom. The first-order chi connectivity index (χ1) is 22.3. The summed E-state index contributed by atoms with van der Waals surface area (Å²) in [6.07, 6.45) is 0.907. The van der Waals surface area contributed by atoms with Crippen LogP contribution in [-0.4, -0.2) is 43.8 Å². The maximum absolute atomic E-state index is 14.7. The van der Waals surface area contributed by atoms with Crippen LogP contribution in [0.2, 0.25) is 10.0 Å². The molecule has 2 atom stereocenters. The Morgan fingerprint density at radius 3 is 2.02 bits per heavy atom. The minimum Gasteiger partial charge on any atom is -0.352 e. The van der Waals surface area contributed by atoms with Crippen molar-refractivity contribution in [3.8, 4) is 0 Å². The molecule has 7 nitrogen and oxygen atoms in total. The molecule has 0 aliphatic heterocycles. The quantitative estimate of drug-likeness (QED) is 0.156. The minimum atomic E-state index is -4.20. The SMILES string of the molecule is CC[C@H](C)NC(=O)[C@@H](Cc1ccccc1)N(Cc1ccc(Cl)c(Cl)c1)C(=O)CN(c1cc(C)cc(C)c1)S(=O)(=O)c1ccc(C)cc1. The third-order valence-electron chi connectivity index (χ3n) is 7.99. The van der Waals surface area contributed by atoms with Crippen LogP contribution in [0.15, 0.2) is 95.9 Å². The number of rotatable bonds is 13. The van der Waals surface area contributed by atoms with Crippen molar-refractivity contribution in [1.82, 2.24) is 10.2 Å². The number of benzene rings is 4. The monoisotopic (exact) mass is 693 g/mol. The van der Waals surface area contributed by atoms with Gasteiger partial charge >= 0.3 is 0 Å². The summed E-state index contributed by atoms with van der Waals surface area (Å²) >= 11 is 12.6. The second-order valence-electron chi connectivity index (χ2n) is 12.0. The Morgan fingerprint density at radius 1 is 0.787 bits per heavy atom. The summed E-state index contributed by atoms with van der Waals surface area (Å²) < 4.78 is 29.7. The third-order valence-corrected chi connectivity index (χ3v) is 10.5. The van der Waals surface area contributed by atoms with Crippen LogP contribution in [0.1, 0.15) is 48.1 Å². The van der Waals surface area contributed by atoms with Crippen molar-refractivity contribution in [2.24, 2.45) is 0 Å². The number of carbonyl (C=O) groups is 2. The number of sulfonamides is 1. The van der Waals surface area contributed by atoms with E-state index in [0.717, 1.165) is 26.6 Å². The molecule has 4 aromatic carbocycles. The van der Waals surface area contributed by atoms with Gasteiger partial charge in [0.15, 0.2) is 0 Å². The van der Waals surface area contributed by atoms with Crippen molar-refractivity contribution in [3.05, 3.63) is 129 Å². The fourth-order valence-corrected chi connectivity index (χ4v) is 7.01. The van der Waals surface area contributed by atoms with Gasteiger partial charge in [0.2, 0.25) is 11.8 Å². The highest BCUT2D eigenvalue weighted by Gasteiger charge is 2.35. The van der Waals surface area contributed by atoms with E-state index in [-0.39, 0.29) is 29.8 Å². The highest BCUT2D eigenvalue weighted by atomic mass is 35.5. The van der Waals surface area contributed by atoms with E-state index < -0.39 is 28.5 Å². The highest BCUT2D eigenvalue weighted by Crippen LogP contribution is 2.28. The first kappa shape index (κ1) is 36.0. The lowest BCUT2D eigenvalue weighted by Gasteiger charge is -2.34. The molecule has 0 radical (unpaired) electrons. The van der Waals surface area contributed by atoms with Gasteiger partial charge in [-0.1, -0.05) is 90.3 Å². The lowest BCUT2D eigenvalue weighted by molar-refractivity contribution is -0.140. The Labute approximate surface area is 288 Å². The lowest BCUT2D eigenvalue weighted by atomic mass is 10.0. The maximum atomic E-state index is 14.7. The number of carbonyl (C=O) groups excluding carboxylic acids is 2. The normalized spacial score (nSPS) is 12.7. The van der Waals surface area contributed by atoms with Crippen molar-refractivity contribution >= 4 is 50.7 Å². The molecule has 0 aliphatic rings. The Bertz CT molecular complexity index is 1800. The molecule has 1 N–H and O–H groups in total. The van der Waals surface area contributed by atoms with E-state index in [0.29, 0.717) is 27.7 Å². The molecule has 4 aromatic rings. The molecular weight excluding hydrogens is 653 g/mol. The van der Waals surface area contributed by atoms with Crippen LogP contribution in [0.25, 0.3) is 0 Å². The van der Waals surface area contributed by atoms with Gasteiger partial charge in [0, 0.05) is 19.0 Å². The summed E-state index contributed by atoms with van der Waals surface area (Å²) in [5.74, 6) is -0.887. The lowest BCUT2D eigenvalue weighted by Crippen LogP contribution is -2.54. The topological polar surface area (TPSA) is 86.8 Å². The van der Waals surface area contributed by atoms with Gasteiger partial charge in [0.1, 0.15) is 12.6 Å². The summed E-state index contributed by atoms with van der Waals surface area (Å²) in [5.41, 5.74) is 4.44. The zero-order valence-electron chi connectivity index (χ0n) is 27.3. The smallest absolute Gasteiger partial charge is 0.264 e. The molecule has 4 rings (SSSR count). The van der Waals surface area contributed by atoms with Crippen molar-refractivity contribution in [3.63, 3.8) is 0 Å². The van der Waals surface area contributed by atoms with Crippen molar-refractivity contribution in [2.75, 3.05) is 10.8 Å². The predicted octanol–water partition coefficient (Wildman–Crippen LogP) is 7.67. The van der Waals surface area contributed by atoms with E-state index in [1.54, 1.807) is 42.5 Å².